The number of nitrogens with zero attached hydrogens (tertiary/aromatic N) is 4. The molecule has 0 saturated carbocycles. The van der Waals surface area contributed by atoms with Crippen molar-refractivity contribution < 1.29 is 4.74 Å². The Hall–Kier alpha value is -2.82. The lowest BCUT2D eigenvalue weighted by Gasteiger charge is -2.38. The van der Waals surface area contributed by atoms with Gasteiger partial charge in [-0.05, 0) is 80.8 Å². The van der Waals surface area contributed by atoms with Crippen LogP contribution in [-0.4, -0.2) is 43.7 Å². The van der Waals surface area contributed by atoms with E-state index < -0.39 is 0 Å². The Morgan fingerprint density at radius 2 is 1.75 bits per heavy atom. The predicted octanol–water partition coefficient (Wildman–Crippen LogP) is 7.71. The molecule has 8 heteroatoms. The minimum atomic E-state index is 0.00243. The Morgan fingerprint density at radius 1 is 1.00 bits per heavy atom. The van der Waals surface area contributed by atoms with Gasteiger partial charge in [0.25, 0.3) is 5.56 Å². The van der Waals surface area contributed by atoms with Crippen molar-refractivity contribution in [1.29, 1.82) is 0 Å². The maximum Gasteiger partial charge on any atom is 0.275 e. The Bertz CT molecular complexity index is 1720. The summed E-state index contributed by atoms with van der Waals surface area (Å²) in [7, 11) is 3.30. The summed E-state index contributed by atoms with van der Waals surface area (Å²) in [4.78, 5) is 20.3. The minimum absolute atomic E-state index is 0.00243. The van der Waals surface area contributed by atoms with Gasteiger partial charge in [-0.2, -0.15) is 0 Å². The van der Waals surface area contributed by atoms with Crippen molar-refractivity contribution in [3.8, 4) is 28.1 Å². The van der Waals surface area contributed by atoms with E-state index in [0.29, 0.717) is 24.2 Å². The number of aromatic nitrogens is 3. The predicted molar refractivity (Wildman–Crippen MR) is 175 cm³/mol. The minimum Gasteiger partial charge on any atom is -0.492 e. The molecule has 0 spiro atoms. The normalized spacial score (nSPS) is 18.0. The molecule has 0 amide bonds. The van der Waals surface area contributed by atoms with E-state index in [1.54, 1.807) is 11.6 Å². The topological polar surface area (TPSA) is 52.3 Å². The fourth-order valence-electron chi connectivity index (χ4n) is 5.98. The highest BCUT2D eigenvalue weighted by molar-refractivity contribution is 14.2. The summed E-state index contributed by atoms with van der Waals surface area (Å²) in [6.45, 7) is 6.32. The van der Waals surface area contributed by atoms with Crippen molar-refractivity contribution >= 4 is 52.1 Å². The van der Waals surface area contributed by atoms with Crippen LogP contribution in [0, 0.1) is 0 Å². The summed E-state index contributed by atoms with van der Waals surface area (Å²) in [5, 5.41) is 2.02. The van der Waals surface area contributed by atoms with Gasteiger partial charge in [0.2, 0.25) is 0 Å². The zero-order valence-corrected chi connectivity index (χ0v) is 26.0. The highest BCUT2D eigenvalue weighted by atomic mass is 127. The Labute approximate surface area is 251 Å². The molecule has 0 bridgehead atoms. The Balaban J connectivity index is 1.20. The van der Waals surface area contributed by atoms with Crippen LogP contribution in [0.4, 0.5) is 0 Å². The van der Waals surface area contributed by atoms with Crippen LogP contribution in [0.3, 0.4) is 0 Å². The van der Waals surface area contributed by atoms with Gasteiger partial charge in [-0.1, -0.05) is 18.6 Å². The molecule has 0 aliphatic carbocycles. The Morgan fingerprint density at radius 3 is 2.50 bits per heavy atom. The van der Waals surface area contributed by atoms with Gasteiger partial charge in [-0.15, -0.1) is 0 Å². The number of benzene rings is 2. The number of likely N-dealkylation sites (tertiary alicyclic amines) is 1. The fraction of sp³-hybridized carbons (Fsp3) is 0.312. The lowest BCUT2D eigenvalue weighted by atomic mass is 9.98. The second-order valence-corrected chi connectivity index (χ2v) is 12.5. The number of fused-ring (bicyclic) bond motifs is 2. The lowest BCUT2D eigenvalue weighted by molar-refractivity contribution is 0.0851. The van der Waals surface area contributed by atoms with E-state index in [2.05, 4.69) is 82.4 Å². The van der Waals surface area contributed by atoms with Crippen molar-refractivity contribution in [2.75, 3.05) is 13.2 Å². The molecule has 2 unspecified atom stereocenters. The van der Waals surface area contributed by atoms with Gasteiger partial charge in [0.1, 0.15) is 17.9 Å². The first-order valence-electron chi connectivity index (χ1n) is 13.8. The SMILES string of the molecule is CC1CCCC(C)N1CCOc1ccc(-c2ccc3cc(-c4cn(C)c(=O)c5c4ccn5SI)ccc3n2)cc1. The monoisotopic (exact) mass is 664 g/mol. The molecule has 4 heterocycles. The molecule has 6 nitrogen and oxygen atoms in total. The van der Waals surface area contributed by atoms with Gasteiger partial charge in [0, 0.05) is 90.3 Å². The third-order valence-electron chi connectivity index (χ3n) is 8.21. The van der Waals surface area contributed by atoms with Crippen molar-refractivity contribution in [3.63, 3.8) is 0 Å². The molecule has 3 aromatic heterocycles. The van der Waals surface area contributed by atoms with E-state index in [-0.39, 0.29) is 5.56 Å². The first-order valence-corrected chi connectivity index (χ1v) is 17.1. The van der Waals surface area contributed by atoms with E-state index in [4.69, 9.17) is 9.72 Å². The van der Waals surface area contributed by atoms with E-state index in [1.165, 1.54) is 28.4 Å². The number of piperidine rings is 1. The molecule has 0 N–H and O–H groups in total. The van der Waals surface area contributed by atoms with Crippen LogP contribution >= 0.6 is 30.3 Å². The zero-order valence-electron chi connectivity index (χ0n) is 23.0. The number of hydrogen-bond acceptors (Lipinski definition) is 5. The molecule has 2 aromatic carbocycles. The number of halogens is 1. The molecule has 1 fully saturated rings. The summed E-state index contributed by atoms with van der Waals surface area (Å²) in [5.74, 6) is 0.893. The van der Waals surface area contributed by atoms with E-state index in [9.17, 15) is 4.79 Å². The average molecular weight is 665 g/mol. The molecule has 1 saturated heterocycles. The maximum absolute atomic E-state index is 12.8. The van der Waals surface area contributed by atoms with E-state index >= 15 is 0 Å². The molecular formula is C32H33IN4O2S. The average Bonchev–Trinajstić information content (AvgIpc) is 3.41. The third kappa shape index (κ3) is 5.29. The molecule has 6 rings (SSSR count). The van der Waals surface area contributed by atoms with Crippen LogP contribution in [0.25, 0.3) is 44.2 Å². The van der Waals surface area contributed by atoms with Gasteiger partial charge in [0.15, 0.2) is 0 Å². The molecule has 5 aromatic rings. The van der Waals surface area contributed by atoms with Crippen LogP contribution in [0.2, 0.25) is 0 Å². The molecule has 1 aliphatic heterocycles. The fourth-order valence-corrected chi connectivity index (χ4v) is 7.31. The van der Waals surface area contributed by atoms with E-state index in [1.807, 2.05) is 34.6 Å². The third-order valence-corrected chi connectivity index (χ3v) is 9.93. The second-order valence-electron chi connectivity index (χ2n) is 10.8. The van der Waals surface area contributed by atoms with Crippen molar-refractivity contribution in [2.24, 2.45) is 7.05 Å². The van der Waals surface area contributed by atoms with Gasteiger partial charge >= 0.3 is 0 Å². The number of aryl methyl sites for hydroxylation is 1. The van der Waals surface area contributed by atoms with Crippen molar-refractivity contribution in [1.82, 2.24) is 18.4 Å². The molecule has 40 heavy (non-hydrogen) atoms. The van der Waals surface area contributed by atoms with Crippen LogP contribution in [0.5, 0.6) is 5.75 Å². The summed E-state index contributed by atoms with van der Waals surface area (Å²) >= 11 is 2.20. The number of rotatable bonds is 7. The lowest BCUT2D eigenvalue weighted by Crippen LogP contribution is -2.45. The van der Waals surface area contributed by atoms with Crippen molar-refractivity contribution in [3.05, 3.63) is 83.4 Å². The smallest absolute Gasteiger partial charge is 0.275 e. The quantitative estimate of drug-likeness (QED) is 0.167. The largest absolute Gasteiger partial charge is 0.492 e. The summed E-state index contributed by atoms with van der Waals surface area (Å²) in [6.07, 6.45) is 7.77. The standard InChI is InChI=1S/C32H33IN4O2S/c1-21-5-4-6-22(2)36(21)17-18-39-26-11-7-23(8-12-26)29-14-10-25-19-24(9-13-30(25)34-29)28-20-35(3)32(38)31-27(28)15-16-37(31)40-33/h7-16,19-22H,4-6,17-18H2,1-3H3. The first kappa shape index (κ1) is 27.4. The Kier molecular flexibility index (Phi) is 7.92. The number of hydrogen-bond donors (Lipinski definition) is 0. The van der Waals surface area contributed by atoms with Crippen LogP contribution in [0.15, 0.2) is 77.9 Å². The van der Waals surface area contributed by atoms with Crippen LogP contribution in [0.1, 0.15) is 33.1 Å². The maximum atomic E-state index is 12.8. The molecule has 0 radical (unpaired) electrons. The zero-order chi connectivity index (χ0) is 27.8. The van der Waals surface area contributed by atoms with Gasteiger partial charge in [-0.3, -0.25) is 13.7 Å². The highest BCUT2D eigenvalue weighted by Crippen LogP contribution is 2.33. The summed E-state index contributed by atoms with van der Waals surface area (Å²) < 4.78 is 9.67. The van der Waals surface area contributed by atoms with Gasteiger partial charge < -0.3 is 9.30 Å². The molecule has 206 valence electrons. The molecule has 1 aliphatic rings. The summed E-state index contributed by atoms with van der Waals surface area (Å²) in [5.41, 5.74) is 5.74. The van der Waals surface area contributed by atoms with Crippen LogP contribution in [-0.2, 0) is 7.05 Å². The van der Waals surface area contributed by atoms with Crippen molar-refractivity contribution in [2.45, 2.75) is 45.2 Å². The molecular weight excluding hydrogens is 631 g/mol. The van der Waals surface area contributed by atoms with E-state index in [0.717, 1.165) is 51.0 Å². The first-order chi connectivity index (χ1) is 19.4. The summed E-state index contributed by atoms with van der Waals surface area (Å²) in [6, 6.07) is 22.0. The molecule has 2 atom stereocenters. The second kappa shape index (κ2) is 11.6. The highest BCUT2D eigenvalue weighted by Gasteiger charge is 2.24. The number of pyridine rings is 2. The number of ether oxygens (including phenoxy) is 1. The van der Waals surface area contributed by atoms with Crippen LogP contribution < -0.4 is 10.3 Å². The van der Waals surface area contributed by atoms with Gasteiger partial charge in [-0.25, -0.2) is 4.98 Å². The van der Waals surface area contributed by atoms with Gasteiger partial charge in [0.05, 0.1) is 11.2 Å².